The zero-order chi connectivity index (χ0) is 21.3. The maximum Gasteiger partial charge on any atom is 0.243 e. The average Bonchev–Trinajstić information content (AvgIpc) is 3.36. The van der Waals surface area contributed by atoms with E-state index < -0.39 is 10.0 Å². The van der Waals surface area contributed by atoms with Crippen LogP contribution in [0.15, 0.2) is 29.2 Å². The SMILES string of the molecule is Cc1nc(C2CCOCC2)n(C2CCN(S(=O)(=O)c3ccc(CC(C)C)cc3)C2)n1. The zero-order valence-corrected chi connectivity index (χ0v) is 18.9. The molecule has 2 fully saturated rings. The Morgan fingerprint density at radius 2 is 1.83 bits per heavy atom. The first kappa shape index (κ1) is 21.5. The highest BCUT2D eigenvalue weighted by Gasteiger charge is 2.36. The number of benzene rings is 1. The van der Waals surface area contributed by atoms with E-state index in [9.17, 15) is 8.42 Å². The summed E-state index contributed by atoms with van der Waals surface area (Å²) in [5.41, 5.74) is 1.17. The van der Waals surface area contributed by atoms with Crippen molar-refractivity contribution in [2.45, 2.75) is 63.3 Å². The number of sulfonamides is 1. The second kappa shape index (κ2) is 8.77. The fourth-order valence-corrected chi connectivity index (χ4v) is 5.99. The van der Waals surface area contributed by atoms with Crippen LogP contribution < -0.4 is 0 Å². The van der Waals surface area contributed by atoms with Gasteiger partial charge in [0.05, 0.1) is 10.9 Å². The Kier molecular flexibility index (Phi) is 6.27. The summed E-state index contributed by atoms with van der Waals surface area (Å²) >= 11 is 0. The van der Waals surface area contributed by atoms with E-state index in [1.54, 1.807) is 16.4 Å². The summed E-state index contributed by atoms with van der Waals surface area (Å²) in [5.74, 6) is 2.61. The Hall–Kier alpha value is -1.77. The number of ether oxygens (including phenoxy) is 1. The number of nitrogens with zero attached hydrogens (tertiary/aromatic N) is 4. The van der Waals surface area contributed by atoms with Gasteiger partial charge in [-0.1, -0.05) is 26.0 Å². The van der Waals surface area contributed by atoms with E-state index in [1.807, 2.05) is 23.7 Å². The van der Waals surface area contributed by atoms with Gasteiger partial charge in [-0.3, -0.25) is 0 Å². The van der Waals surface area contributed by atoms with Crippen LogP contribution in [-0.4, -0.2) is 53.8 Å². The summed E-state index contributed by atoms with van der Waals surface area (Å²) < 4.78 is 35.5. The number of aromatic nitrogens is 3. The van der Waals surface area contributed by atoms with Gasteiger partial charge in [0.1, 0.15) is 11.6 Å². The van der Waals surface area contributed by atoms with E-state index in [1.165, 1.54) is 5.56 Å². The first-order valence-electron chi connectivity index (χ1n) is 10.9. The molecule has 0 spiro atoms. The molecule has 0 aliphatic carbocycles. The fraction of sp³-hybridized carbons (Fsp3) is 0.636. The standard InChI is InChI=1S/C22H32N4O3S/c1-16(2)14-18-4-6-21(7-5-18)30(27,28)25-11-8-20(15-25)26-22(23-17(3)24-26)19-9-12-29-13-10-19/h4-7,16,19-20H,8-15H2,1-3H3. The highest BCUT2D eigenvalue weighted by molar-refractivity contribution is 7.89. The van der Waals surface area contributed by atoms with Crippen LogP contribution in [0.5, 0.6) is 0 Å². The van der Waals surface area contributed by atoms with Gasteiger partial charge in [0, 0.05) is 32.2 Å². The Labute approximate surface area is 179 Å². The molecular weight excluding hydrogens is 400 g/mol. The molecule has 0 radical (unpaired) electrons. The minimum absolute atomic E-state index is 0.0269. The predicted molar refractivity (Wildman–Crippen MR) is 115 cm³/mol. The molecule has 2 aliphatic rings. The molecule has 0 N–H and O–H groups in total. The molecule has 2 saturated heterocycles. The van der Waals surface area contributed by atoms with Gasteiger partial charge >= 0.3 is 0 Å². The Morgan fingerprint density at radius 1 is 1.13 bits per heavy atom. The van der Waals surface area contributed by atoms with Gasteiger partial charge in [0.25, 0.3) is 0 Å². The molecule has 2 aliphatic heterocycles. The second-order valence-electron chi connectivity index (χ2n) is 8.90. The molecule has 3 heterocycles. The van der Waals surface area contributed by atoms with E-state index in [4.69, 9.17) is 4.74 Å². The van der Waals surface area contributed by atoms with E-state index in [0.29, 0.717) is 29.8 Å². The summed E-state index contributed by atoms with van der Waals surface area (Å²) in [7, 11) is -3.50. The summed E-state index contributed by atoms with van der Waals surface area (Å²) in [5, 5.41) is 4.64. The molecule has 2 aromatic rings. The fourth-order valence-electron chi connectivity index (χ4n) is 4.50. The molecule has 0 amide bonds. The van der Waals surface area contributed by atoms with Crippen molar-refractivity contribution in [2.75, 3.05) is 26.3 Å². The van der Waals surface area contributed by atoms with Crippen LogP contribution in [-0.2, 0) is 21.2 Å². The lowest BCUT2D eigenvalue weighted by atomic mass is 9.99. The predicted octanol–water partition coefficient (Wildman–Crippen LogP) is 3.31. The highest BCUT2D eigenvalue weighted by atomic mass is 32.2. The van der Waals surface area contributed by atoms with Gasteiger partial charge in [-0.2, -0.15) is 9.40 Å². The molecule has 1 unspecified atom stereocenters. The third-order valence-corrected chi connectivity index (χ3v) is 7.91. The summed E-state index contributed by atoms with van der Waals surface area (Å²) in [6.07, 6.45) is 3.58. The number of hydrogen-bond acceptors (Lipinski definition) is 5. The number of hydrogen-bond donors (Lipinski definition) is 0. The van der Waals surface area contributed by atoms with Gasteiger partial charge in [-0.15, -0.1) is 0 Å². The van der Waals surface area contributed by atoms with Crippen LogP contribution in [0.3, 0.4) is 0 Å². The van der Waals surface area contributed by atoms with Crippen molar-refractivity contribution in [1.82, 2.24) is 19.1 Å². The minimum atomic E-state index is -3.50. The van der Waals surface area contributed by atoms with Crippen molar-refractivity contribution in [3.8, 4) is 0 Å². The lowest BCUT2D eigenvalue weighted by Crippen LogP contribution is -2.30. The van der Waals surface area contributed by atoms with Gasteiger partial charge in [-0.05, 0) is 56.2 Å². The van der Waals surface area contributed by atoms with Crippen LogP contribution in [0.2, 0.25) is 0 Å². The van der Waals surface area contributed by atoms with Crippen molar-refractivity contribution in [1.29, 1.82) is 0 Å². The molecule has 1 aromatic heterocycles. The van der Waals surface area contributed by atoms with Crippen molar-refractivity contribution < 1.29 is 13.2 Å². The maximum absolute atomic E-state index is 13.2. The van der Waals surface area contributed by atoms with E-state index >= 15 is 0 Å². The molecular formula is C22H32N4O3S. The Bertz CT molecular complexity index is 963. The van der Waals surface area contributed by atoms with Gasteiger partial charge in [0.15, 0.2) is 0 Å². The number of rotatable bonds is 6. The molecule has 0 saturated carbocycles. The quantitative estimate of drug-likeness (QED) is 0.700. The summed E-state index contributed by atoms with van der Waals surface area (Å²) in [4.78, 5) is 5.06. The largest absolute Gasteiger partial charge is 0.381 e. The van der Waals surface area contributed by atoms with Gasteiger partial charge in [0.2, 0.25) is 10.0 Å². The molecule has 8 heteroatoms. The minimum Gasteiger partial charge on any atom is -0.381 e. The molecule has 7 nitrogen and oxygen atoms in total. The smallest absolute Gasteiger partial charge is 0.243 e. The molecule has 164 valence electrons. The molecule has 30 heavy (non-hydrogen) atoms. The Balaban J connectivity index is 1.50. The highest BCUT2D eigenvalue weighted by Crippen LogP contribution is 2.32. The van der Waals surface area contributed by atoms with Crippen LogP contribution in [0.25, 0.3) is 0 Å². The van der Waals surface area contributed by atoms with Crippen molar-refractivity contribution in [3.63, 3.8) is 0 Å². The van der Waals surface area contributed by atoms with Crippen LogP contribution in [0.1, 0.15) is 62.3 Å². The van der Waals surface area contributed by atoms with Gasteiger partial charge in [-0.25, -0.2) is 18.1 Å². The molecule has 1 aromatic carbocycles. The zero-order valence-electron chi connectivity index (χ0n) is 18.1. The third kappa shape index (κ3) is 4.45. The summed E-state index contributed by atoms with van der Waals surface area (Å²) in [6.45, 7) is 8.66. The van der Waals surface area contributed by atoms with Gasteiger partial charge < -0.3 is 4.74 Å². The Morgan fingerprint density at radius 3 is 2.50 bits per heavy atom. The monoisotopic (exact) mass is 432 g/mol. The lowest BCUT2D eigenvalue weighted by Gasteiger charge is -2.23. The average molecular weight is 433 g/mol. The first-order valence-corrected chi connectivity index (χ1v) is 12.4. The topological polar surface area (TPSA) is 77.3 Å². The van der Waals surface area contributed by atoms with E-state index in [2.05, 4.69) is 23.9 Å². The van der Waals surface area contributed by atoms with Crippen molar-refractivity contribution in [2.24, 2.45) is 5.92 Å². The van der Waals surface area contributed by atoms with E-state index in [-0.39, 0.29) is 6.04 Å². The second-order valence-corrected chi connectivity index (χ2v) is 10.8. The first-order chi connectivity index (χ1) is 14.3. The summed E-state index contributed by atoms with van der Waals surface area (Å²) in [6, 6.07) is 7.38. The lowest BCUT2D eigenvalue weighted by molar-refractivity contribution is 0.0821. The van der Waals surface area contributed by atoms with Crippen molar-refractivity contribution in [3.05, 3.63) is 41.5 Å². The molecule has 1 atom stereocenters. The number of aryl methyl sites for hydroxylation is 1. The third-order valence-electron chi connectivity index (χ3n) is 6.03. The molecule has 4 rings (SSSR count). The van der Waals surface area contributed by atoms with Crippen molar-refractivity contribution >= 4 is 10.0 Å². The molecule has 0 bridgehead atoms. The van der Waals surface area contributed by atoms with Crippen LogP contribution in [0.4, 0.5) is 0 Å². The maximum atomic E-state index is 13.2. The van der Waals surface area contributed by atoms with Crippen LogP contribution >= 0.6 is 0 Å². The normalized spacial score (nSPS) is 21.5. The van der Waals surface area contributed by atoms with E-state index in [0.717, 1.165) is 50.5 Å². The van der Waals surface area contributed by atoms with Crippen LogP contribution in [0, 0.1) is 12.8 Å².